The highest BCUT2D eigenvalue weighted by Crippen LogP contribution is 2.46. The molecule has 6 aromatic rings. The number of anilines is 1. The molecule has 0 aliphatic heterocycles. The van der Waals surface area contributed by atoms with Gasteiger partial charge in [-0.1, -0.05) is 24.3 Å². The number of nitrogen functional groups attached to an aromatic ring is 1. The Hall–Kier alpha value is -5.46. The van der Waals surface area contributed by atoms with Gasteiger partial charge in [0.15, 0.2) is 17.2 Å². The van der Waals surface area contributed by atoms with Gasteiger partial charge in [0.2, 0.25) is 0 Å². The van der Waals surface area contributed by atoms with Crippen LogP contribution in [0.25, 0.3) is 32.3 Å². The van der Waals surface area contributed by atoms with E-state index in [0.717, 1.165) is 30.3 Å². The molecule has 0 radical (unpaired) electrons. The molecule has 6 rings (SSSR count). The van der Waals surface area contributed by atoms with Crippen molar-refractivity contribution in [2.45, 2.75) is 14.7 Å². The minimum absolute atomic E-state index is 0.0437. The summed E-state index contributed by atoms with van der Waals surface area (Å²) in [5.41, 5.74) is 5.15. The average Bonchev–Trinajstić information content (AvgIpc) is 3.05. The van der Waals surface area contributed by atoms with Crippen molar-refractivity contribution in [2.75, 3.05) is 5.73 Å². The number of fused-ring (bicyclic) bond motifs is 3. The van der Waals surface area contributed by atoms with Crippen molar-refractivity contribution in [1.29, 1.82) is 0 Å². The lowest BCUT2D eigenvalue weighted by molar-refractivity contribution is 0.452. The fourth-order valence-corrected chi connectivity index (χ4v) is 7.36. The summed E-state index contributed by atoms with van der Waals surface area (Å²) in [6.07, 6.45) is 0. The van der Waals surface area contributed by atoms with Gasteiger partial charge in [-0.3, -0.25) is 18.2 Å². The third-order valence-corrected chi connectivity index (χ3v) is 10.5. The van der Waals surface area contributed by atoms with E-state index >= 15 is 0 Å². The van der Waals surface area contributed by atoms with E-state index in [1.165, 1.54) is 48.5 Å². The molecule has 6 aromatic carbocycles. The van der Waals surface area contributed by atoms with Gasteiger partial charge in [0.1, 0.15) is 9.79 Å². The second kappa shape index (κ2) is 13.3. The maximum atomic E-state index is 12.0. The lowest BCUT2D eigenvalue weighted by atomic mass is 10.1. The van der Waals surface area contributed by atoms with Crippen LogP contribution in [0, 0.1) is 0 Å². The summed E-state index contributed by atoms with van der Waals surface area (Å²) in [5, 5.41) is 28.3. The largest absolute Gasteiger partial charge is 0.505 e. The first kappa shape index (κ1) is 36.3. The molecule has 0 spiro atoms. The van der Waals surface area contributed by atoms with E-state index in [0.29, 0.717) is 5.39 Å². The van der Waals surface area contributed by atoms with Crippen molar-refractivity contribution >= 4 is 102 Å². The van der Waals surface area contributed by atoms with Crippen molar-refractivity contribution in [3.63, 3.8) is 0 Å². The molecule has 0 amide bonds. The fraction of sp³-hybridized carbons (Fsp3) is 0. The number of hydrogen-bond donors (Lipinski definition) is 6. The Balaban J connectivity index is 1.48. The minimum atomic E-state index is -4.81. The number of rotatable bonds is 9. The molecule has 22 heteroatoms. The number of azo groups is 2. The summed E-state index contributed by atoms with van der Waals surface area (Å²) in [4.78, 5) is -1.54. The predicted molar refractivity (Wildman–Crippen MR) is 187 cm³/mol. The van der Waals surface area contributed by atoms with E-state index in [1.807, 2.05) is 0 Å². The SMILES string of the molecule is Nc1cc2c(O)c(N=Nc3ccc(N=Nc4ccc5c(S(=O)(=O)O)cccc5c4)c4ccc(S(=O)(=O)O)cc34)c(OS(=O)O)cc2cc1S(=O)(=O)O. The second-order valence-electron chi connectivity index (χ2n) is 10.8. The monoisotopic (exact) mass is 787 g/mol. The smallest absolute Gasteiger partial charge is 0.357 e. The molecule has 0 saturated heterocycles. The molecule has 52 heavy (non-hydrogen) atoms. The van der Waals surface area contributed by atoms with Crippen molar-refractivity contribution < 1.29 is 57.0 Å². The number of hydrogen-bond acceptors (Lipinski definition) is 14. The van der Waals surface area contributed by atoms with Crippen LogP contribution in [-0.2, 0) is 41.7 Å². The molecule has 0 aliphatic rings. The molecule has 0 heterocycles. The summed E-state index contributed by atoms with van der Waals surface area (Å²) in [6, 6.07) is 17.8. The van der Waals surface area contributed by atoms with Gasteiger partial charge in [0.05, 0.1) is 27.6 Å². The highest BCUT2D eigenvalue weighted by Gasteiger charge is 2.22. The molecule has 7 N–H and O–H groups in total. The molecule has 18 nitrogen and oxygen atoms in total. The molecular weight excluding hydrogens is 767 g/mol. The minimum Gasteiger partial charge on any atom is -0.505 e. The van der Waals surface area contributed by atoms with Gasteiger partial charge < -0.3 is 15.0 Å². The van der Waals surface area contributed by atoms with Crippen molar-refractivity contribution in [2.24, 2.45) is 20.5 Å². The van der Waals surface area contributed by atoms with Crippen LogP contribution >= 0.6 is 0 Å². The first-order valence-corrected chi connectivity index (χ1v) is 19.4. The highest BCUT2D eigenvalue weighted by molar-refractivity contribution is 7.86. The fourth-order valence-electron chi connectivity index (χ4n) is 5.23. The average molecular weight is 788 g/mol. The maximum Gasteiger partial charge on any atom is 0.357 e. The van der Waals surface area contributed by atoms with Gasteiger partial charge in [-0.15, -0.1) is 15.3 Å². The maximum absolute atomic E-state index is 12.0. The molecule has 1 unspecified atom stereocenters. The highest BCUT2D eigenvalue weighted by atomic mass is 32.2. The normalized spacial score (nSPS) is 13.5. The lowest BCUT2D eigenvalue weighted by Crippen LogP contribution is -2.03. The first-order chi connectivity index (χ1) is 24.3. The standard InChI is InChI=1S/C30H21N5O13S4/c31-23-14-21-16(12-28(23)52(45,46)47)11-26(48-49(37)38)29(30(21)36)35-34-25-9-8-24(20-7-5-18(13-22(20)25)50(39,40)41)33-32-17-4-6-19-15(10-17)2-1-3-27(19)51(42,43)44/h1-14,36H,31H2,(H,37,38)(H,39,40,41)(H,42,43,44)(H,45,46,47). The summed E-state index contributed by atoms with van der Waals surface area (Å²) < 4.78 is 126. The van der Waals surface area contributed by atoms with Crippen LogP contribution in [0.2, 0.25) is 0 Å². The molecule has 0 aliphatic carbocycles. The zero-order chi connectivity index (χ0) is 37.7. The number of nitrogens with two attached hydrogens (primary N) is 1. The van der Waals surface area contributed by atoms with Gasteiger partial charge in [-0.2, -0.15) is 34.6 Å². The number of phenolic OH excluding ortho intramolecular Hbond substituents is 1. The number of aromatic hydroxyl groups is 1. The number of phenols is 1. The van der Waals surface area contributed by atoms with Crippen molar-refractivity contribution in [1.82, 2.24) is 0 Å². The van der Waals surface area contributed by atoms with E-state index in [-0.39, 0.29) is 48.9 Å². The first-order valence-electron chi connectivity index (χ1n) is 14.0. The van der Waals surface area contributed by atoms with E-state index in [2.05, 4.69) is 20.5 Å². The summed E-state index contributed by atoms with van der Waals surface area (Å²) >= 11 is -2.98. The zero-order valence-corrected chi connectivity index (χ0v) is 28.9. The van der Waals surface area contributed by atoms with E-state index in [9.17, 15) is 52.8 Å². The Morgan fingerprint density at radius 1 is 0.615 bits per heavy atom. The molecule has 0 fully saturated rings. The Bertz CT molecular complexity index is 2920. The topological polar surface area (TPSA) is 305 Å². The van der Waals surface area contributed by atoms with Gasteiger partial charge in [-0.05, 0) is 71.4 Å². The zero-order valence-electron chi connectivity index (χ0n) is 25.6. The predicted octanol–water partition coefficient (Wildman–Crippen LogP) is 6.52. The molecular formula is C30H21N5O13S4. The number of benzene rings is 6. The van der Waals surface area contributed by atoms with E-state index < -0.39 is 74.4 Å². The molecule has 1 atom stereocenters. The Morgan fingerprint density at radius 3 is 1.92 bits per heavy atom. The molecule has 0 saturated carbocycles. The van der Waals surface area contributed by atoms with Crippen LogP contribution in [0.15, 0.2) is 120 Å². The van der Waals surface area contributed by atoms with Crippen molar-refractivity contribution in [3.8, 4) is 11.5 Å². The third-order valence-electron chi connectivity index (χ3n) is 7.49. The third kappa shape index (κ3) is 7.30. The van der Waals surface area contributed by atoms with Gasteiger partial charge in [0.25, 0.3) is 30.4 Å². The van der Waals surface area contributed by atoms with Crippen LogP contribution < -0.4 is 9.92 Å². The Kier molecular flexibility index (Phi) is 9.27. The Labute approximate surface area is 295 Å². The van der Waals surface area contributed by atoms with Gasteiger partial charge >= 0.3 is 11.4 Å². The summed E-state index contributed by atoms with van der Waals surface area (Å²) in [7, 11) is -14.0. The van der Waals surface area contributed by atoms with Crippen LogP contribution in [0.3, 0.4) is 0 Å². The van der Waals surface area contributed by atoms with Crippen molar-refractivity contribution in [3.05, 3.63) is 84.9 Å². The molecule has 0 aromatic heterocycles. The van der Waals surface area contributed by atoms with Crippen LogP contribution in [0.5, 0.6) is 11.5 Å². The van der Waals surface area contributed by atoms with Crippen LogP contribution in [0.4, 0.5) is 28.4 Å². The van der Waals surface area contributed by atoms with Gasteiger partial charge in [0, 0.05) is 21.5 Å². The van der Waals surface area contributed by atoms with Crippen LogP contribution in [0.1, 0.15) is 0 Å². The quantitative estimate of drug-likeness (QED) is 0.0393. The lowest BCUT2D eigenvalue weighted by Gasteiger charge is -2.12. The summed E-state index contributed by atoms with van der Waals surface area (Å²) in [6.45, 7) is 0. The van der Waals surface area contributed by atoms with E-state index in [4.69, 9.17) is 9.92 Å². The van der Waals surface area contributed by atoms with Crippen LogP contribution in [-0.4, -0.2) is 52.8 Å². The Morgan fingerprint density at radius 2 is 1.27 bits per heavy atom. The second-order valence-corrected chi connectivity index (χ2v) is 15.6. The van der Waals surface area contributed by atoms with Gasteiger partial charge in [-0.25, -0.2) is 0 Å². The molecule has 0 bridgehead atoms. The number of nitrogens with zero attached hydrogens (tertiary/aromatic N) is 4. The van der Waals surface area contributed by atoms with E-state index in [1.54, 1.807) is 6.07 Å². The summed E-state index contributed by atoms with van der Waals surface area (Å²) in [5.74, 6) is -1.30. The molecule has 268 valence electrons.